The normalized spacial score (nSPS) is 28.5. The van der Waals surface area contributed by atoms with Crippen LogP contribution < -0.4 is 0 Å². The highest BCUT2D eigenvalue weighted by atomic mass is 32.2. The fourth-order valence-corrected chi connectivity index (χ4v) is 6.73. The van der Waals surface area contributed by atoms with Crippen molar-refractivity contribution in [3.8, 4) is 0 Å². The second-order valence-corrected chi connectivity index (χ2v) is 9.87. The van der Waals surface area contributed by atoms with Gasteiger partial charge in [0.15, 0.2) is 0 Å². The maximum Gasteiger partial charge on any atom is 0.297 e. The Morgan fingerprint density at radius 3 is 1.93 bits per heavy atom. The molecule has 3 aliphatic rings. The van der Waals surface area contributed by atoms with Crippen LogP contribution in [0.2, 0.25) is 0 Å². The van der Waals surface area contributed by atoms with Crippen molar-refractivity contribution in [2.75, 3.05) is 6.61 Å². The minimum absolute atomic E-state index is 0.162. The Hall–Kier alpha value is -2.43. The summed E-state index contributed by atoms with van der Waals surface area (Å²) in [5.74, 6) is 1.41. The molecule has 2 atom stereocenters. The predicted molar refractivity (Wildman–Crippen MR) is 107 cm³/mol. The average Bonchev–Trinajstić information content (AvgIpc) is 3.31. The average molecular weight is 388 g/mol. The number of aryl methyl sites for hydroxylation is 1. The SMILES string of the molecule is Cc1ccc(S(=O)(=O)OCC23c4ccccc4[C@@H]4C2[C@H]4c2ccccc23)cc1. The van der Waals surface area contributed by atoms with E-state index >= 15 is 0 Å². The zero-order chi connectivity index (χ0) is 19.1. The standard InChI is InChI=1S/C24H20O3S/c1-15-10-12-16(13-11-15)28(25,26)27-14-24-19-8-4-2-6-17(19)21-22(23(21)24)18-7-3-5-9-20(18)24/h2-13,21-23H,14H2,1H3/t21-,22-,23?,24?/m0/s1. The molecule has 6 rings (SSSR count). The van der Waals surface area contributed by atoms with E-state index < -0.39 is 10.1 Å². The Kier molecular flexibility index (Phi) is 3.15. The second-order valence-electron chi connectivity index (χ2n) is 8.25. The van der Waals surface area contributed by atoms with Gasteiger partial charge in [0.25, 0.3) is 10.1 Å². The maximum absolute atomic E-state index is 12.9. The van der Waals surface area contributed by atoms with Crippen LogP contribution in [0.5, 0.6) is 0 Å². The highest BCUT2D eigenvalue weighted by molar-refractivity contribution is 7.86. The summed E-state index contributed by atoms with van der Waals surface area (Å²) in [5, 5.41) is 0. The summed E-state index contributed by atoms with van der Waals surface area (Å²) >= 11 is 0. The molecule has 140 valence electrons. The van der Waals surface area contributed by atoms with Crippen molar-refractivity contribution in [3.63, 3.8) is 0 Å². The lowest BCUT2D eigenvalue weighted by Gasteiger charge is -2.30. The summed E-state index contributed by atoms with van der Waals surface area (Å²) in [7, 11) is -3.80. The third-order valence-corrected chi connectivity index (χ3v) is 8.22. The highest BCUT2D eigenvalue weighted by Gasteiger charge is 2.73. The second kappa shape index (κ2) is 5.34. The molecule has 0 spiro atoms. The summed E-state index contributed by atoms with van der Waals surface area (Å²) < 4.78 is 31.5. The minimum Gasteiger partial charge on any atom is -0.265 e. The Bertz CT molecular complexity index is 1160. The van der Waals surface area contributed by atoms with E-state index in [1.54, 1.807) is 24.3 Å². The first kappa shape index (κ1) is 16.5. The van der Waals surface area contributed by atoms with Crippen LogP contribution in [-0.4, -0.2) is 15.0 Å². The van der Waals surface area contributed by atoms with Gasteiger partial charge in [0, 0.05) is 5.41 Å². The van der Waals surface area contributed by atoms with E-state index in [9.17, 15) is 8.42 Å². The van der Waals surface area contributed by atoms with Gasteiger partial charge in [0.05, 0.1) is 11.5 Å². The largest absolute Gasteiger partial charge is 0.297 e. The van der Waals surface area contributed by atoms with Crippen LogP contribution >= 0.6 is 0 Å². The summed E-state index contributed by atoms with van der Waals surface area (Å²) in [6.45, 7) is 2.10. The van der Waals surface area contributed by atoms with Crippen molar-refractivity contribution in [2.45, 2.75) is 29.1 Å². The topological polar surface area (TPSA) is 43.4 Å². The van der Waals surface area contributed by atoms with Crippen molar-refractivity contribution in [2.24, 2.45) is 5.92 Å². The zero-order valence-corrected chi connectivity index (χ0v) is 16.3. The van der Waals surface area contributed by atoms with Crippen molar-refractivity contribution < 1.29 is 12.6 Å². The van der Waals surface area contributed by atoms with Crippen LogP contribution in [0, 0.1) is 12.8 Å². The zero-order valence-electron chi connectivity index (χ0n) is 15.5. The van der Waals surface area contributed by atoms with Gasteiger partial charge >= 0.3 is 0 Å². The molecule has 0 aliphatic heterocycles. The fourth-order valence-electron chi connectivity index (χ4n) is 5.79. The first-order chi connectivity index (χ1) is 13.5. The molecular formula is C24H20O3S. The molecule has 0 amide bonds. The van der Waals surface area contributed by atoms with Gasteiger partial charge in [-0.2, -0.15) is 8.42 Å². The molecular weight excluding hydrogens is 368 g/mol. The molecule has 3 nitrogen and oxygen atoms in total. The smallest absolute Gasteiger partial charge is 0.265 e. The van der Waals surface area contributed by atoms with Gasteiger partial charge in [0.2, 0.25) is 0 Å². The number of fused-ring (bicyclic) bond motifs is 7. The van der Waals surface area contributed by atoms with Gasteiger partial charge < -0.3 is 0 Å². The van der Waals surface area contributed by atoms with Crippen LogP contribution in [0.3, 0.4) is 0 Å². The van der Waals surface area contributed by atoms with E-state index in [0.717, 1.165) is 5.56 Å². The monoisotopic (exact) mass is 388 g/mol. The molecule has 3 aromatic carbocycles. The van der Waals surface area contributed by atoms with Gasteiger partial charge in [-0.05, 0) is 59.1 Å². The number of hydrogen-bond acceptors (Lipinski definition) is 3. The predicted octanol–water partition coefficient (Wildman–Crippen LogP) is 4.51. The van der Waals surface area contributed by atoms with Crippen LogP contribution in [0.15, 0.2) is 77.7 Å². The lowest BCUT2D eigenvalue weighted by Crippen LogP contribution is -2.33. The Labute approximate surface area is 165 Å². The molecule has 28 heavy (non-hydrogen) atoms. The fraction of sp³-hybridized carbons (Fsp3) is 0.250. The summed E-state index contributed by atoms with van der Waals surface area (Å²) in [5.41, 5.74) is 5.88. The van der Waals surface area contributed by atoms with Crippen molar-refractivity contribution in [1.29, 1.82) is 0 Å². The molecule has 0 aromatic heterocycles. The van der Waals surface area contributed by atoms with E-state index in [1.165, 1.54) is 22.3 Å². The molecule has 0 heterocycles. The minimum atomic E-state index is -3.80. The molecule has 0 unspecified atom stereocenters. The number of benzene rings is 3. The van der Waals surface area contributed by atoms with Crippen LogP contribution in [0.25, 0.3) is 0 Å². The molecule has 3 aromatic rings. The van der Waals surface area contributed by atoms with Gasteiger partial charge in [-0.1, -0.05) is 66.2 Å². The van der Waals surface area contributed by atoms with Crippen LogP contribution in [-0.2, 0) is 19.7 Å². The molecule has 1 saturated carbocycles. The first-order valence-corrected chi connectivity index (χ1v) is 11.1. The molecule has 0 bridgehead atoms. The first-order valence-electron chi connectivity index (χ1n) is 9.69. The van der Waals surface area contributed by atoms with Gasteiger partial charge in [-0.25, -0.2) is 0 Å². The maximum atomic E-state index is 12.9. The number of rotatable bonds is 4. The Balaban J connectivity index is 1.44. The quantitative estimate of drug-likeness (QED) is 0.618. The molecule has 0 radical (unpaired) electrons. The third kappa shape index (κ3) is 1.94. The van der Waals surface area contributed by atoms with Gasteiger partial charge in [-0.15, -0.1) is 0 Å². The van der Waals surface area contributed by atoms with Crippen molar-refractivity contribution in [1.82, 2.24) is 0 Å². The summed E-state index contributed by atoms with van der Waals surface area (Å²) in [4.78, 5) is 0.218. The van der Waals surface area contributed by atoms with Crippen molar-refractivity contribution >= 4 is 10.1 Å². The van der Waals surface area contributed by atoms with E-state index in [4.69, 9.17) is 4.18 Å². The molecule has 4 heteroatoms. The van der Waals surface area contributed by atoms with Gasteiger partial charge in [-0.3, -0.25) is 4.18 Å². The van der Waals surface area contributed by atoms with E-state index in [0.29, 0.717) is 17.8 Å². The van der Waals surface area contributed by atoms with E-state index in [-0.39, 0.29) is 16.9 Å². The highest BCUT2D eigenvalue weighted by Crippen LogP contribution is 2.80. The molecule has 3 aliphatic carbocycles. The molecule has 1 fully saturated rings. The number of hydrogen-bond donors (Lipinski definition) is 0. The third-order valence-electron chi connectivity index (χ3n) is 6.94. The molecule has 0 N–H and O–H groups in total. The van der Waals surface area contributed by atoms with Crippen LogP contribution in [0.1, 0.15) is 39.7 Å². The van der Waals surface area contributed by atoms with E-state index in [1.807, 2.05) is 6.92 Å². The summed E-state index contributed by atoms with van der Waals surface area (Å²) in [6, 6.07) is 23.8. The lowest BCUT2D eigenvalue weighted by molar-refractivity contribution is 0.238. The lowest BCUT2D eigenvalue weighted by atomic mass is 9.76. The summed E-state index contributed by atoms with van der Waals surface area (Å²) in [6.07, 6.45) is 0. The molecule has 0 saturated heterocycles. The van der Waals surface area contributed by atoms with Crippen molar-refractivity contribution in [3.05, 3.63) is 101 Å². The van der Waals surface area contributed by atoms with Gasteiger partial charge in [0.1, 0.15) is 0 Å². The Morgan fingerprint density at radius 2 is 1.36 bits per heavy atom. The Morgan fingerprint density at radius 1 is 0.821 bits per heavy atom. The van der Waals surface area contributed by atoms with E-state index in [2.05, 4.69) is 48.5 Å². The van der Waals surface area contributed by atoms with Crippen LogP contribution in [0.4, 0.5) is 0 Å².